The number of ether oxygens (including phenoxy) is 1. The van der Waals surface area contributed by atoms with E-state index < -0.39 is 11.6 Å². The highest BCUT2D eigenvalue weighted by atomic mass is 32.9. The molecule has 3 rings (SSSR count). The quantitative estimate of drug-likeness (QED) is 0.412. The third-order valence-electron chi connectivity index (χ3n) is 3.19. The molecular weight excluding hydrogens is 342 g/mol. The van der Waals surface area contributed by atoms with Gasteiger partial charge in [-0.05, 0) is 35.4 Å². The smallest absolute Gasteiger partial charge is 0.159 e. The average molecular weight is 352 g/mol. The third-order valence-corrected chi connectivity index (χ3v) is 6.26. The maximum absolute atomic E-state index is 13.5. The molecule has 1 aromatic heterocycles. The first-order valence-corrected chi connectivity index (χ1v) is 8.89. The van der Waals surface area contributed by atoms with Crippen molar-refractivity contribution >= 4 is 32.9 Å². The van der Waals surface area contributed by atoms with Crippen LogP contribution in [0.1, 0.15) is 0 Å². The Morgan fingerprint density at radius 3 is 2.23 bits per heavy atom. The van der Waals surface area contributed by atoms with Crippen LogP contribution in [0.4, 0.5) is 8.78 Å². The molecule has 6 heteroatoms. The zero-order valence-electron chi connectivity index (χ0n) is 11.4. The summed E-state index contributed by atoms with van der Waals surface area (Å²) in [6, 6.07) is 11.4. The van der Waals surface area contributed by atoms with E-state index in [0.29, 0.717) is 5.56 Å². The van der Waals surface area contributed by atoms with Gasteiger partial charge in [0.25, 0.3) is 0 Å². The molecule has 0 N–H and O–H groups in total. The summed E-state index contributed by atoms with van der Waals surface area (Å²) >= 11 is 5.40. The molecule has 0 unspecified atom stereocenters. The molecule has 3 aromatic rings. The van der Waals surface area contributed by atoms with Crippen LogP contribution in [0.15, 0.2) is 42.5 Å². The van der Waals surface area contributed by atoms with Gasteiger partial charge in [-0.15, -0.1) is 0 Å². The Kier molecular flexibility index (Phi) is 4.33. The summed E-state index contributed by atoms with van der Waals surface area (Å²) in [4.78, 5) is 0.846. The second-order valence-corrected chi connectivity index (χ2v) is 7.33. The number of benzene rings is 2. The van der Waals surface area contributed by atoms with Gasteiger partial charge in [-0.25, -0.2) is 8.78 Å². The van der Waals surface area contributed by atoms with Gasteiger partial charge >= 0.3 is 0 Å². The lowest BCUT2D eigenvalue weighted by Gasteiger charge is -2.06. The zero-order chi connectivity index (χ0) is 15.7. The Balaban J connectivity index is 2.14. The Labute approximate surface area is 138 Å². The highest BCUT2D eigenvalue weighted by molar-refractivity contribution is 7.80. The van der Waals surface area contributed by atoms with Crippen LogP contribution in [0, 0.1) is 15.5 Å². The molecule has 0 saturated carbocycles. The van der Waals surface area contributed by atoms with Crippen LogP contribution >= 0.6 is 32.9 Å². The SMILES string of the molecule is COc1ccc(-c2c(-c3ccc(F)c(F)c3)ssc2=S)cc1. The summed E-state index contributed by atoms with van der Waals surface area (Å²) in [5, 5.41) is 0. The van der Waals surface area contributed by atoms with E-state index in [-0.39, 0.29) is 0 Å². The summed E-state index contributed by atoms with van der Waals surface area (Å²) in [6.45, 7) is 0. The van der Waals surface area contributed by atoms with Crippen molar-refractivity contribution in [2.24, 2.45) is 0 Å². The van der Waals surface area contributed by atoms with Gasteiger partial charge in [0.2, 0.25) is 0 Å². The monoisotopic (exact) mass is 352 g/mol. The lowest BCUT2D eigenvalue weighted by atomic mass is 10.0. The van der Waals surface area contributed by atoms with Crippen molar-refractivity contribution < 1.29 is 13.5 Å². The van der Waals surface area contributed by atoms with Crippen molar-refractivity contribution in [1.29, 1.82) is 0 Å². The van der Waals surface area contributed by atoms with E-state index in [1.165, 1.54) is 26.7 Å². The minimum Gasteiger partial charge on any atom is -0.497 e. The van der Waals surface area contributed by atoms with Crippen molar-refractivity contribution in [2.75, 3.05) is 7.11 Å². The molecule has 0 aliphatic heterocycles. The van der Waals surface area contributed by atoms with E-state index in [4.69, 9.17) is 17.0 Å². The van der Waals surface area contributed by atoms with Gasteiger partial charge < -0.3 is 4.74 Å². The van der Waals surface area contributed by atoms with Crippen molar-refractivity contribution in [2.45, 2.75) is 0 Å². The van der Waals surface area contributed by atoms with Crippen molar-refractivity contribution in [3.63, 3.8) is 0 Å². The molecule has 0 aliphatic rings. The molecule has 1 heterocycles. The van der Waals surface area contributed by atoms with Crippen molar-refractivity contribution in [3.05, 3.63) is 57.9 Å². The van der Waals surface area contributed by atoms with Crippen LogP contribution < -0.4 is 4.74 Å². The van der Waals surface area contributed by atoms with Gasteiger partial charge in [0.1, 0.15) is 9.57 Å². The molecule has 112 valence electrons. The van der Waals surface area contributed by atoms with E-state index >= 15 is 0 Å². The molecule has 0 saturated heterocycles. The van der Waals surface area contributed by atoms with Crippen LogP contribution in [-0.2, 0) is 0 Å². The highest BCUT2D eigenvalue weighted by Crippen LogP contribution is 2.41. The molecule has 1 nitrogen and oxygen atoms in total. The third kappa shape index (κ3) is 2.82. The minimum atomic E-state index is -0.859. The van der Waals surface area contributed by atoms with E-state index in [1.54, 1.807) is 13.2 Å². The molecular formula is C16H10F2OS3. The molecule has 0 bridgehead atoms. The predicted molar refractivity (Wildman–Crippen MR) is 90.4 cm³/mol. The summed E-state index contributed by atoms with van der Waals surface area (Å²) < 4.78 is 32.5. The minimum absolute atomic E-state index is 0.627. The fourth-order valence-electron chi connectivity index (χ4n) is 2.09. The lowest BCUT2D eigenvalue weighted by molar-refractivity contribution is 0.415. The van der Waals surface area contributed by atoms with Crippen LogP contribution in [0.2, 0.25) is 0 Å². The first-order chi connectivity index (χ1) is 10.6. The summed E-state index contributed by atoms with van der Waals surface area (Å²) in [7, 11) is 4.52. The van der Waals surface area contributed by atoms with Crippen LogP contribution in [0.3, 0.4) is 0 Å². The normalized spacial score (nSPS) is 10.7. The van der Waals surface area contributed by atoms with Gasteiger partial charge in [-0.2, -0.15) is 0 Å². The topological polar surface area (TPSA) is 9.23 Å². The highest BCUT2D eigenvalue weighted by Gasteiger charge is 2.14. The molecule has 0 radical (unpaired) electrons. The van der Waals surface area contributed by atoms with Gasteiger partial charge in [0.05, 0.1) is 12.0 Å². The zero-order valence-corrected chi connectivity index (χ0v) is 13.9. The Morgan fingerprint density at radius 1 is 0.909 bits per heavy atom. The number of hydrogen-bond acceptors (Lipinski definition) is 4. The Morgan fingerprint density at radius 2 is 1.59 bits per heavy atom. The molecule has 0 aliphatic carbocycles. The van der Waals surface area contributed by atoms with Crippen molar-refractivity contribution in [1.82, 2.24) is 0 Å². The molecule has 0 amide bonds. The van der Waals surface area contributed by atoms with E-state index in [2.05, 4.69) is 0 Å². The predicted octanol–water partition coefficient (Wildman–Crippen LogP) is 6.16. The number of hydrogen-bond donors (Lipinski definition) is 0. The first kappa shape index (κ1) is 15.3. The van der Waals surface area contributed by atoms with Gasteiger partial charge in [0.15, 0.2) is 11.6 Å². The van der Waals surface area contributed by atoms with Gasteiger partial charge in [0, 0.05) is 5.56 Å². The molecule has 22 heavy (non-hydrogen) atoms. The fraction of sp³-hybridized carbons (Fsp3) is 0.0625. The summed E-state index contributed by atoms with van der Waals surface area (Å²) in [5.74, 6) is -0.959. The Bertz CT molecular complexity index is 866. The number of halogens is 2. The fourth-order valence-corrected chi connectivity index (χ4v) is 5.00. The summed E-state index contributed by atoms with van der Waals surface area (Å²) in [6.07, 6.45) is 0. The maximum atomic E-state index is 13.5. The van der Waals surface area contributed by atoms with Crippen LogP contribution in [-0.4, -0.2) is 7.11 Å². The standard InChI is InChI=1S/C16H10F2OS3/c1-19-11-5-2-9(3-6-11)14-15(21-22-16(14)20)10-4-7-12(17)13(18)8-10/h2-8H,1H3. The first-order valence-electron chi connectivity index (χ1n) is 6.33. The van der Waals surface area contributed by atoms with E-state index in [1.807, 2.05) is 24.3 Å². The second-order valence-electron chi connectivity index (χ2n) is 4.52. The average Bonchev–Trinajstić information content (AvgIpc) is 2.92. The molecule has 0 atom stereocenters. The van der Waals surface area contributed by atoms with Gasteiger partial charge in [-0.3, -0.25) is 0 Å². The second kappa shape index (κ2) is 6.24. The van der Waals surface area contributed by atoms with E-state index in [0.717, 1.165) is 31.6 Å². The maximum Gasteiger partial charge on any atom is 0.159 e. The number of methoxy groups -OCH3 is 1. The largest absolute Gasteiger partial charge is 0.497 e. The van der Waals surface area contributed by atoms with E-state index in [9.17, 15) is 8.78 Å². The lowest BCUT2D eigenvalue weighted by Crippen LogP contribution is -1.86. The number of rotatable bonds is 3. The van der Waals surface area contributed by atoms with Gasteiger partial charge in [-0.1, -0.05) is 51.1 Å². The summed E-state index contributed by atoms with van der Waals surface area (Å²) in [5.41, 5.74) is 2.43. The Hall–Kier alpha value is -1.63. The van der Waals surface area contributed by atoms with Crippen molar-refractivity contribution in [3.8, 4) is 27.3 Å². The molecule has 2 aromatic carbocycles. The molecule has 0 fully saturated rings. The molecule has 0 spiro atoms. The van der Waals surface area contributed by atoms with Crippen LogP contribution in [0.25, 0.3) is 21.6 Å². The van der Waals surface area contributed by atoms with Crippen LogP contribution in [0.5, 0.6) is 5.75 Å².